The lowest BCUT2D eigenvalue weighted by Crippen LogP contribution is -2.16. The lowest BCUT2D eigenvalue weighted by atomic mass is 10.1. The number of hydrogen-bond acceptors (Lipinski definition) is 3. The van der Waals surface area contributed by atoms with Gasteiger partial charge in [0.2, 0.25) is 0 Å². The van der Waals surface area contributed by atoms with Gasteiger partial charge in [-0.15, -0.1) is 0 Å². The molecule has 0 fully saturated rings. The summed E-state index contributed by atoms with van der Waals surface area (Å²) < 4.78 is 0.976. The summed E-state index contributed by atoms with van der Waals surface area (Å²) in [7, 11) is 0. The molecule has 1 aromatic heterocycles. The van der Waals surface area contributed by atoms with Crippen molar-refractivity contribution < 1.29 is 14.7 Å². The van der Waals surface area contributed by atoms with Crippen LogP contribution in [0, 0.1) is 3.57 Å². The highest BCUT2D eigenvalue weighted by molar-refractivity contribution is 14.1. The molecule has 2 rings (SSSR count). The molecule has 0 aliphatic carbocycles. The number of amides is 1. The van der Waals surface area contributed by atoms with Crippen LogP contribution in [0.3, 0.4) is 0 Å². The molecule has 0 radical (unpaired) electrons. The number of benzene rings is 1. The lowest BCUT2D eigenvalue weighted by Gasteiger charge is -2.07. The van der Waals surface area contributed by atoms with E-state index >= 15 is 0 Å². The van der Waals surface area contributed by atoms with Crippen LogP contribution in [-0.4, -0.2) is 22.0 Å². The highest BCUT2D eigenvalue weighted by atomic mass is 127. The molecule has 0 saturated heterocycles. The van der Waals surface area contributed by atoms with Crippen molar-refractivity contribution >= 4 is 40.2 Å². The number of halogens is 1. The molecule has 96 valence electrons. The van der Waals surface area contributed by atoms with Crippen molar-refractivity contribution in [1.29, 1.82) is 0 Å². The van der Waals surface area contributed by atoms with Crippen LogP contribution in [0.15, 0.2) is 42.7 Å². The number of carbonyl (C=O) groups is 2. The molecule has 19 heavy (non-hydrogen) atoms. The van der Waals surface area contributed by atoms with E-state index in [0.717, 1.165) is 9.77 Å². The van der Waals surface area contributed by atoms with Crippen LogP contribution < -0.4 is 5.32 Å². The number of rotatable bonds is 3. The minimum Gasteiger partial charge on any atom is -0.478 e. The molecule has 1 aromatic carbocycles. The number of hydrogen-bond donors (Lipinski definition) is 2. The van der Waals surface area contributed by atoms with Crippen LogP contribution in [0.2, 0.25) is 0 Å². The van der Waals surface area contributed by atoms with Crippen molar-refractivity contribution in [3.8, 4) is 0 Å². The Kier molecular flexibility index (Phi) is 4.10. The zero-order chi connectivity index (χ0) is 13.8. The van der Waals surface area contributed by atoms with Gasteiger partial charge in [0.05, 0.1) is 11.1 Å². The molecule has 1 heterocycles. The van der Waals surface area contributed by atoms with Gasteiger partial charge >= 0.3 is 5.97 Å². The van der Waals surface area contributed by atoms with Crippen LogP contribution in [0.5, 0.6) is 0 Å². The van der Waals surface area contributed by atoms with E-state index in [4.69, 9.17) is 5.11 Å². The zero-order valence-corrected chi connectivity index (χ0v) is 11.8. The largest absolute Gasteiger partial charge is 0.478 e. The molecule has 2 N–H and O–H groups in total. The fourth-order valence-corrected chi connectivity index (χ4v) is 2.07. The maximum Gasteiger partial charge on any atom is 0.338 e. The van der Waals surface area contributed by atoms with Gasteiger partial charge in [-0.25, -0.2) is 4.79 Å². The molecule has 5 nitrogen and oxygen atoms in total. The summed E-state index contributed by atoms with van der Waals surface area (Å²) in [6.45, 7) is 0. The summed E-state index contributed by atoms with van der Waals surface area (Å²) in [5, 5.41) is 11.7. The van der Waals surface area contributed by atoms with Gasteiger partial charge in [0.15, 0.2) is 0 Å². The van der Waals surface area contributed by atoms with E-state index in [0.29, 0.717) is 5.69 Å². The lowest BCUT2D eigenvalue weighted by molar-refractivity contribution is 0.0692. The highest BCUT2D eigenvalue weighted by Gasteiger charge is 2.16. The van der Waals surface area contributed by atoms with E-state index in [2.05, 4.69) is 32.9 Å². The zero-order valence-electron chi connectivity index (χ0n) is 9.63. The van der Waals surface area contributed by atoms with Gasteiger partial charge in [0.1, 0.15) is 0 Å². The molecule has 0 unspecified atom stereocenters. The fraction of sp³-hybridized carbons (Fsp3) is 0. The summed E-state index contributed by atoms with van der Waals surface area (Å²) in [6, 6.07) is 8.61. The number of nitrogens with zero attached hydrogens (tertiary/aromatic N) is 1. The number of carboxylic acids is 1. The van der Waals surface area contributed by atoms with Gasteiger partial charge in [-0.2, -0.15) is 0 Å². The molecule has 2 aromatic rings. The molecule has 1 amide bonds. The highest BCUT2D eigenvalue weighted by Crippen LogP contribution is 2.15. The second-order valence-corrected chi connectivity index (χ2v) is 4.94. The van der Waals surface area contributed by atoms with Gasteiger partial charge < -0.3 is 10.4 Å². The summed E-state index contributed by atoms with van der Waals surface area (Å²) in [4.78, 5) is 26.8. The number of carboxylic acid groups (broad SMARTS) is 1. The van der Waals surface area contributed by atoms with Crippen molar-refractivity contribution in [2.24, 2.45) is 0 Å². The first-order valence-corrected chi connectivity index (χ1v) is 6.40. The SMILES string of the molecule is O=C(O)c1cnccc1C(=O)Nc1cccc(I)c1. The number of aromatic carboxylic acids is 1. The monoisotopic (exact) mass is 368 g/mol. The third-order valence-electron chi connectivity index (χ3n) is 2.38. The van der Waals surface area contributed by atoms with Crippen LogP contribution in [-0.2, 0) is 0 Å². The molecule has 0 saturated carbocycles. The Morgan fingerprint density at radius 1 is 1.21 bits per heavy atom. The maximum atomic E-state index is 12.0. The minimum absolute atomic E-state index is 0.0846. The number of aromatic nitrogens is 1. The van der Waals surface area contributed by atoms with Gasteiger partial charge in [0.25, 0.3) is 5.91 Å². The summed E-state index contributed by atoms with van der Waals surface area (Å²) in [5.74, 6) is -1.65. The average molecular weight is 368 g/mol. The van der Waals surface area contributed by atoms with E-state index in [1.165, 1.54) is 12.3 Å². The normalized spacial score (nSPS) is 9.95. The predicted molar refractivity (Wildman–Crippen MR) is 78.3 cm³/mol. The van der Waals surface area contributed by atoms with Crippen LogP contribution in [0.4, 0.5) is 5.69 Å². The molecular formula is C13H9IN2O3. The molecular weight excluding hydrogens is 359 g/mol. The molecule has 6 heteroatoms. The summed E-state index contributed by atoms with van der Waals surface area (Å²) >= 11 is 2.13. The molecule has 0 atom stereocenters. The Balaban J connectivity index is 2.28. The molecule has 0 aliphatic rings. The first kappa shape index (κ1) is 13.5. The third kappa shape index (κ3) is 3.28. The van der Waals surface area contributed by atoms with Gasteiger partial charge in [-0.1, -0.05) is 6.07 Å². The second kappa shape index (κ2) is 5.79. The predicted octanol–water partition coefficient (Wildman–Crippen LogP) is 2.64. The van der Waals surface area contributed by atoms with Crippen molar-refractivity contribution in [3.05, 3.63) is 57.4 Å². The van der Waals surface area contributed by atoms with Crippen molar-refractivity contribution in [3.63, 3.8) is 0 Å². The smallest absolute Gasteiger partial charge is 0.338 e. The Hall–Kier alpha value is -1.96. The Morgan fingerprint density at radius 2 is 2.00 bits per heavy atom. The Bertz CT molecular complexity index is 643. The van der Waals surface area contributed by atoms with Gasteiger partial charge in [-0.05, 0) is 46.9 Å². The van der Waals surface area contributed by atoms with E-state index < -0.39 is 11.9 Å². The van der Waals surface area contributed by atoms with Crippen molar-refractivity contribution in [2.45, 2.75) is 0 Å². The summed E-state index contributed by atoms with van der Waals surface area (Å²) in [6.07, 6.45) is 2.54. The number of carbonyl (C=O) groups excluding carboxylic acids is 1. The third-order valence-corrected chi connectivity index (χ3v) is 3.05. The van der Waals surface area contributed by atoms with Crippen molar-refractivity contribution in [2.75, 3.05) is 5.32 Å². The molecule has 0 aliphatic heterocycles. The maximum absolute atomic E-state index is 12.0. The average Bonchev–Trinajstić information content (AvgIpc) is 2.38. The van der Waals surface area contributed by atoms with E-state index in [-0.39, 0.29) is 11.1 Å². The first-order valence-electron chi connectivity index (χ1n) is 5.32. The Labute approximate surface area is 122 Å². The van der Waals surface area contributed by atoms with Gasteiger partial charge in [-0.3, -0.25) is 9.78 Å². The number of pyridine rings is 1. The van der Waals surface area contributed by atoms with Crippen LogP contribution >= 0.6 is 22.6 Å². The molecule has 0 bridgehead atoms. The quantitative estimate of drug-likeness (QED) is 0.817. The van der Waals surface area contributed by atoms with E-state index in [1.807, 2.05) is 12.1 Å². The van der Waals surface area contributed by atoms with Gasteiger partial charge in [0, 0.05) is 21.7 Å². The standard InChI is InChI=1S/C13H9IN2O3/c14-8-2-1-3-9(6-8)16-12(17)10-4-5-15-7-11(10)13(18)19/h1-7H,(H,16,17)(H,18,19). The topological polar surface area (TPSA) is 79.3 Å². The van der Waals surface area contributed by atoms with Crippen LogP contribution in [0.25, 0.3) is 0 Å². The number of nitrogens with one attached hydrogen (secondary N) is 1. The Morgan fingerprint density at radius 3 is 2.68 bits per heavy atom. The summed E-state index contributed by atoms with van der Waals surface area (Å²) in [5.41, 5.74) is 0.581. The van der Waals surface area contributed by atoms with E-state index in [9.17, 15) is 9.59 Å². The van der Waals surface area contributed by atoms with Crippen LogP contribution in [0.1, 0.15) is 20.7 Å². The second-order valence-electron chi connectivity index (χ2n) is 3.69. The fourth-order valence-electron chi connectivity index (χ4n) is 1.53. The van der Waals surface area contributed by atoms with Crippen molar-refractivity contribution in [1.82, 2.24) is 4.98 Å². The molecule has 0 spiro atoms. The first-order chi connectivity index (χ1) is 9.08. The minimum atomic E-state index is -1.18. The van der Waals surface area contributed by atoms with E-state index in [1.54, 1.807) is 12.1 Å². The number of anilines is 1.